The number of nitrogens with zero attached hydrogens (tertiary/aromatic N) is 2. The smallest absolute Gasteiger partial charge is 0.187 e. The molecule has 0 radical (unpaired) electrons. The van der Waals surface area contributed by atoms with E-state index in [1.807, 2.05) is 6.92 Å². The van der Waals surface area contributed by atoms with Crippen molar-refractivity contribution in [1.29, 1.82) is 0 Å². The Bertz CT molecular complexity index is 596. The molecule has 0 unspecified atom stereocenters. The number of methoxy groups -OCH3 is 1. The molecule has 2 rings (SSSR count). The summed E-state index contributed by atoms with van der Waals surface area (Å²) in [5, 5.41) is 3.21. The fourth-order valence-corrected chi connectivity index (χ4v) is 2.38. The first-order valence-corrected chi connectivity index (χ1v) is 7.37. The van der Waals surface area contributed by atoms with Gasteiger partial charge in [0.25, 0.3) is 0 Å². The Labute approximate surface area is 126 Å². The molecule has 0 saturated carbocycles. The summed E-state index contributed by atoms with van der Waals surface area (Å²) >= 11 is 0. The number of nitrogens with one attached hydrogen (secondary N) is 1. The molecule has 4 nitrogen and oxygen atoms in total. The van der Waals surface area contributed by atoms with Crippen LogP contribution in [0.25, 0.3) is 11.3 Å². The van der Waals surface area contributed by atoms with Crippen molar-refractivity contribution in [3.05, 3.63) is 36.2 Å². The number of ether oxygens (including phenoxy) is 1. The van der Waals surface area contributed by atoms with Crippen LogP contribution in [0.4, 0.5) is 5.82 Å². The molecular formula is C17H23N3O. The van der Waals surface area contributed by atoms with Gasteiger partial charge in [-0.3, -0.25) is 0 Å². The first-order chi connectivity index (χ1) is 10.2. The fraction of sp³-hybridized carbons (Fsp3) is 0.412. The standard InChI is InChI=1S/C17H23N3O/c1-5-18-17-16(21-4)15(19-11-20-17)14-8-6-7-13(10-14)9-12(2)3/h6-8,10-12H,5,9H2,1-4H3,(H,18,19,20). The van der Waals surface area contributed by atoms with Gasteiger partial charge in [-0.15, -0.1) is 0 Å². The van der Waals surface area contributed by atoms with E-state index in [1.54, 1.807) is 13.4 Å². The zero-order valence-corrected chi connectivity index (χ0v) is 13.2. The zero-order chi connectivity index (χ0) is 15.2. The molecule has 1 heterocycles. The number of hydrogen-bond acceptors (Lipinski definition) is 4. The first-order valence-electron chi connectivity index (χ1n) is 7.37. The minimum absolute atomic E-state index is 0.630. The van der Waals surface area contributed by atoms with Gasteiger partial charge in [0, 0.05) is 12.1 Å². The number of aromatic nitrogens is 2. The van der Waals surface area contributed by atoms with Gasteiger partial charge in [0.2, 0.25) is 0 Å². The maximum atomic E-state index is 5.52. The second-order valence-electron chi connectivity index (χ2n) is 5.43. The van der Waals surface area contributed by atoms with Crippen LogP contribution in [0.2, 0.25) is 0 Å². The number of hydrogen-bond donors (Lipinski definition) is 1. The summed E-state index contributed by atoms with van der Waals surface area (Å²) in [5.41, 5.74) is 3.20. The molecule has 0 bridgehead atoms. The molecule has 0 saturated heterocycles. The van der Waals surface area contributed by atoms with E-state index >= 15 is 0 Å². The lowest BCUT2D eigenvalue weighted by atomic mass is 10.00. The van der Waals surface area contributed by atoms with Crippen LogP contribution in [0.3, 0.4) is 0 Å². The van der Waals surface area contributed by atoms with Gasteiger partial charge in [0.1, 0.15) is 12.0 Å². The van der Waals surface area contributed by atoms with Crippen molar-refractivity contribution in [3.63, 3.8) is 0 Å². The van der Waals surface area contributed by atoms with Gasteiger partial charge in [0.15, 0.2) is 11.6 Å². The minimum atomic E-state index is 0.630. The van der Waals surface area contributed by atoms with Crippen molar-refractivity contribution in [1.82, 2.24) is 9.97 Å². The van der Waals surface area contributed by atoms with Crippen LogP contribution in [-0.4, -0.2) is 23.6 Å². The van der Waals surface area contributed by atoms with Crippen LogP contribution in [0.15, 0.2) is 30.6 Å². The summed E-state index contributed by atoms with van der Waals surface area (Å²) in [7, 11) is 1.65. The molecule has 0 aliphatic rings. The van der Waals surface area contributed by atoms with Crippen molar-refractivity contribution in [2.24, 2.45) is 5.92 Å². The maximum Gasteiger partial charge on any atom is 0.187 e. The summed E-state index contributed by atoms with van der Waals surface area (Å²) in [4.78, 5) is 8.66. The number of anilines is 1. The Kier molecular flexibility index (Phi) is 5.14. The third-order valence-corrected chi connectivity index (χ3v) is 3.20. The minimum Gasteiger partial charge on any atom is -0.491 e. The highest BCUT2D eigenvalue weighted by molar-refractivity contribution is 5.72. The monoisotopic (exact) mass is 285 g/mol. The van der Waals surface area contributed by atoms with Gasteiger partial charge in [-0.25, -0.2) is 9.97 Å². The Hall–Kier alpha value is -2.10. The van der Waals surface area contributed by atoms with E-state index in [0.29, 0.717) is 11.7 Å². The highest BCUT2D eigenvalue weighted by atomic mass is 16.5. The van der Waals surface area contributed by atoms with Gasteiger partial charge in [-0.2, -0.15) is 0 Å². The van der Waals surface area contributed by atoms with Crippen LogP contribution in [0.1, 0.15) is 26.3 Å². The van der Waals surface area contributed by atoms with Crippen LogP contribution in [-0.2, 0) is 6.42 Å². The Morgan fingerprint density at radius 3 is 2.71 bits per heavy atom. The molecule has 0 atom stereocenters. The van der Waals surface area contributed by atoms with Gasteiger partial charge >= 0.3 is 0 Å². The average molecular weight is 285 g/mol. The molecule has 0 amide bonds. The molecule has 1 aromatic heterocycles. The van der Waals surface area contributed by atoms with Crippen LogP contribution in [0.5, 0.6) is 5.75 Å². The quantitative estimate of drug-likeness (QED) is 0.877. The van der Waals surface area contributed by atoms with E-state index in [1.165, 1.54) is 5.56 Å². The number of benzene rings is 1. The second-order valence-corrected chi connectivity index (χ2v) is 5.43. The molecular weight excluding hydrogens is 262 g/mol. The molecule has 4 heteroatoms. The largest absolute Gasteiger partial charge is 0.491 e. The topological polar surface area (TPSA) is 47.0 Å². The molecule has 112 valence electrons. The summed E-state index contributed by atoms with van der Waals surface area (Å²) < 4.78 is 5.52. The predicted octanol–water partition coefficient (Wildman–Crippen LogP) is 3.78. The van der Waals surface area contributed by atoms with Gasteiger partial charge in [0.05, 0.1) is 7.11 Å². The molecule has 1 N–H and O–H groups in total. The lowest BCUT2D eigenvalue weighted by molar-refractivity contribution is 0.414. The van der Waals surface area contributed by atoms with E-state index in [9.17, 15) is 0 Å². The predicted molar refractivity (Wildman–Crippen MR) is 86.7 cm³/mol. The van der Waals surface area contributed by atoms with E-state index in [4.69, 9.17) is 4.74 Å². The first kappa shape index (κ1) is 15.3. The fourth-order valence-electron chi connectivity index (χ4n) is 2.38. The number of rotatable bonds is 6. The van der Waals surface area contributed by atoms with Crippen molar-refractivity contribution in [2.45, 2.75) is 27.2 Å². The molecule has 0 spiro atoms. The third-order valence-electron chi connectivity index (χ3n) is 3.20. The van der Waals surface area contributed by atoms with Crippen LogP contribution in [0, 0.1) is 5.92 Å². The molecule has 0 fully saturated rings. The molecule has 0 aliphatic heterocycles. The van der Waals surface area contributed by atoms with Crippen molar-refractivity contribution >= 4 is 5.82 Å². The van der Waals surface area contributed by atoms with Crippen molar-refractivity contribution in [2.75, 3.05) is 19.0 Å². The lowest BCUT2D eigenvalue weighted by Crippen LogP contribution is -2.04. The van der Waals surface area contributed by atoms with Gasteiger partial charge in [-0.1, -0.05) is 32.0 Å². The second kappa shape index (κ2) is 7.07. The van der Waals surface area contributed by atoms with E-state index in [0.717, 1.165) is 30.0 Å². The molecule has 1 aromatic carbocycles. The van der Waals surface area contributed by atoms with Gasteiger partial charge in [-0.05, 0) is 30.9 Å². The van der Waals surface area contributed by atoms with Crippen molar-refractivity contribution < 1.29 is 4.74 Å². The maximum absolute atomic E-state index is 5.52. The summed E-state index contributed by atoms with van der Waals surface area (Å²) in [6, 6.07) is 8.47. The molecule has 2 aromatic rings. The average Bonchev–Trinajstić information content (AvgIpc) is 2.47. The van der Waals surface area contributed by atoms with Gasteiger partial charge < -0.3 is 10.1 Å². The Balaban J connectivity index is 2.43. The van der Waals surface area contributed by atoms with E-state index in [-0.39, 0.29) is 0 Å². The highest BCUT2D eigenvalue weighted by Crippen LogP contribution is 2.33. The highest BCUT2D eigenvalue weighted by Gasteiger charge is 2.13. The summed E-state index contributed by atoms with van der Waals surface area (Å²) in [6.45, 7) is 7.27. The molecule has 21 heavy (non-hydrogen) atoms. The SMILES string of the molecule is CCNc1ncnc(-c2cccc(CC(C)C)c2)c1OC. The molecule has 0 aliphatic carbocycles. The van der Waals surface area contributed by atoms with E-state index < -0.39 is 0 Å². The normalized spacial score (nSPS) is 10.7. The summed E-state index contributed by atoms with van der Waals surface area (Å²) in [6.07, 6.45) is 2.63. The Morgan fingerprint density at radius 2 is 2.05 bits per heavy atom. The lowest BCUT2D eigenvalue weighted by Gasteiger charge is -2.13. The van der Waals surface area contributed by atoms with Crippen LogP contribution < -0.4 is 10.1 Å². The third kappa shape index (κ3) is 3.72. The van der Waals surface area contributed by atoms with Crippen molar-refractivity contribution in [3.8, 4) is 17.0 Å². The summed E-state index contributed by atoms with van der Waals surface area (Å²) in [5.74, 6) is 2.06. The van der Waals surface area contributed by atoms with E-state index in [2.05, 4.69) is 53.4 Å². The Morgan fingerprint density at radius 1 is 1.24 bits per heavy atom. The zero-order valence-electron chi connectivity index (χ0n) is 13.2. The van der Waals surface area contributed by atoms with Crippen LogP contribution >= 0.6 is 0 Å².